The van der Waals surface area contributed by atoms with E-state index in [9.17, 15) is 18.0 Å². The third kappa shape index (κ3) is 4.87. The lowest BCUT2D eigenvalue weighted by Gasteiger charge is -2.32. The molecular weight excluding hydrogens is 423 g/mol. The number of hydrogen-bond donors (Lipinski definition) is 1. The predicted octanol–water partition coefficient (Wildman–Crippen LogP) is 3.63. The number of amides is 1. The van der Waals surface area contributed by atoms with Gasteiger partial charge in [0.2, 0.25) is 5.91 Å². The van der Waals surface area contributed by atoms with Crippen molar-refractivity contribution < 1.29 is 18.0 Å². The first kappa shape index (κ1) is 21.7. The molecule has 8 nitrogen and oxygen atoms in total. The number of piperidine rings is 1. The number of halogens is 3. The maximum Gasteiger partial charge on any atom is 0.433 e. The lowest BCUT2D eigenvalue weighted by molar-refractivity contribution is -0.141. The van der Waals surface area contributed by atoms with Crippen molar-refractivity contribution in [3.05, 3.63) is 48.7 Å². The number of carbonyl (C=O) groups excluding carboxylic acids is 1. The lowest BCUT2D eigenvalue weighted by atomic mass is 9.96. The molecule has 1 fully saturated rings. The molecule has 1 saturated heterocycles. The standard InChI is InChI=1S/C21H22F3N7O/c1-2-31-13-16(12-26-31)27-20(32)15-5-9-30(10-6-15)18-11-17(21(22,23)24)28-19(29-18)14-3-7-25-8-4-14/h3-4,7-8,11-13,15H,2,5-6,9-10H2,1H3,(H,27,32). The molecule has 0 radical (unpaired) electrons. The van der Waals surface area contributed by atoms with Gasteiger partial charge >= 0.3 is 6.18 Å². The Labute approximate surface area is 182 Å². The Morgan fingerprint density at radius 2 is 1.91 bits per heavy atom. The highest BCUT2D eigenvalue weighted by molar-refractivity contribution is 5.92. The molecule has 168 valence electrons. The third-order valence-corrected chi connectivity index (χ3v) is 5.36. The van der Waals surface area contributed by atoms with Gasteiger partial charge in [0.05, 0.1) is 11.9 Å². The highest BCUT2D eigenvalue weighted by Crippen LogP contribution is 2.33. The van der Waals surface area contributed by atoms with E-state index in [0.29, 0.717) is 43.7 Å². The molecule has 4 rings (SSSR count). The van der Waals surface area contributed by atoms with Crippen molar-refractivity contribution in [2.24, 2.45) is 5.92 Å². The average molecular weight is 445 g/mol. The van der Waals surface area contributed by atoms with Crippen LogP contribution in [0.5, 0.6) is 0 Å². The second kappa shape index (κ2) is 8.93. The minimum atomic E-state index is -4.60. The molecule has 4 heterocycles. The van der Waals surface area contributed by atoms with Gasteiger partial charge in [0, 0.05) is 55.8 Å². The van der Waals surface area contributed by atoms with Gasteiger partial charge in [-0.05, 0) is 31.9 Å². The van der Waals surface area contributed by atoms with Crippen LogP contribution in [0.15, 0.2) is 43.0 Å². The average Bonchev–Trinajstić information content (AvgIpc) is 3.26. The molecule has 0 atom stereocenters. The minimum absolute atomic E-state index is 0.00923. The summed E-state index contributed by atoms with van der Waals surface area (Å²) in [5.41, 5.74) is 0.0863. The zero-order valence-electron chi connectivity index (χ0n) is 17.4. The molecule has 0 bridgehead atoms. The molecule has 1 aliphatic rings. The van der Waals surface area contributed by atoms with Gasteiger partial charge < -0.3 is 10.2 Å². The molecule has 32 heavy (non-hydrogen) atoms. The number of aryl methyl sites for hydroxylation is 1. The summed E-state index contributed by atoms with van der Waals surface area (Å²) < 4.78 is 42.1. The number of nitrogens with one attached hydrogen (secondary N) is 1. The van der Waals surface area contributed by atoms with Crippen molar-refractivity contribution in [1.82, 2.24) is 24.7 Å². The first-order valence-corrected chi connectivity index (χ1v) is 10.3. The van der Waals surface area contributed by atoms with Gasteiger partial charge in [-0.1, -0.05) is 0 Å². The van der Waals surface area contributed by atoms with E-state index in [0.717, 1.165) is 6.07 Å². The summed E-state index contributed by atoms with van der Waals surface area (Å²) in [6.07, 6.45) is 2.72. The number of aromatic nitrogens is 5. The van der Waals surface area contributed by atoms with Gasteiger partial charge in [-0.15, -0.1) is 0 Å². The van der Waals surface area contributed by atoms with Crippen LogP contribution in [0.4, 0.5) is 24.7 Å². The zero-order chi connectivity index (χ0) is 22.7. The van der Waals surface area contributed by atoms with Crippen LogP contribution in [-0.4, -0.2) is 43.7 Å². The number of anilines is 2. The zero-order valence-corrected chi connectivity index (χ0v) is 17.4. The summed E-state index contributed by atoms with van der Waals surface area (Å²) in [7, 11) is 0. The molecule has 1 amide bonds. The molecule has 11 heteroatoms. The van der Waals surface area contributed by atoms with Gasteiger partial charge in [0.1, 0.15) is 5.82 Å². The first-order chi connectivity index (χ1) is 15.3. The highest BCUT2D eigenvalue weighted by atomic mass is 19.4. The Kier molecular flexibility index (Phi) is 6.06. The van der Waals surface area contributed by atoms with E-state index >= 15 is 0 Å². The predicted molar refractivity (Wildman–Crippen MR) is 112 cm³/mol. The molecule has 0 unspecified atom stereocenters. The van der Waals surface area contributed by atoms with Gasteiger partial charge in [-0.3, -0.25) is 14.5 Å². The normalized spacial score (nSPS) is 15.1. The number of pyridine rings is 1. The van der Waals surface area contributed by atoms with Gasteiger partial charge in [-0.25, -0.2) is 9.97 Å². The van der Waals surface area contributed by atoms with E-state index < -0.39 is 11.9 Å². The summed E-state index contributed by atoms with van der Waals surface area (Å²) in [6.45, 7) is 3.48. The second-order valence-corrected chi connectivity index (χ2v) is 7.50. The highest BCUT2D eigenvalue weighted by Gasteiger charge is 2.35. The summed E-state index contributed by atoms with van der Waals surface area (Å²) >= 11 is 0. The fourth-order valence-electron chi connectivity index (χ4n) is 3.59. The Morgan fingerprint density at radius 3 is 2.53 bits per heavy atom. The maximum atomic E-state index is 13.5. The van der Waals surface area contributed by atoms with E-state index in [1.165, 1.54) is 12.4 Å². The summed E-state index contributed by atoms with van der Waals surface area (Å²) in [6, 6.07) is 4.09. The number of hydrogen-bond acceptors (Lipinski definition) is 6. The Morgan fingerprint density at radius 1 is 1.19 bits per heavy atom. The van der Waals surface area contributed by atoms with Crippen LogP contribution in [0.1, 0.15) is 25.5 Å². The summed E-state index contributed by atoms with van der Waals surface area (Å²) in [5, 5.41) is 6.99. The third-order valence-electron chi connectivity index (χ3n) is 5.36. The summed E-state index contributed by atoms with van der Waals surface area (Å²) in [4.78, 5) is 26.3. The number of nitrogens with zero attached hydrogens (tertiary/aromatic N) is 6. The largest absolute Gasteiger partial charge is 0.433 e. The van der Waals surface area contributed by atoms with E-state index in [1.807, 2.05) is 6.92 Å². The van der Waals surface area contributed by atoms with Crippen LogP contribution in [0.25, 0.3) is 11.4 Å². The quantitative estimate of drug-likeness (QED) is 0.645. The lowest BCUT2D eigenvalue weighted by Crippen LogP contribution is -2.38. The molecule has 0 aliphatic carbocycles. The molecule has 0 aromatic carbocycles. The van der Waals surface area contributed by atoms with Crippen molar-refractivity contribution in [2.45, 2.75) is 32.5 Å². The van der Waals surface area contributed by atoms with E-state index in [4.69, 9.17) is 0 Å². The van der Waals surface area contributed by atoms with Crippen molar-refractivity contribution in [1.29, 1.82) is 0 Å². The monoisotopic (exact) mass is 445 g/mol. The number of carbonyl (C=O) groups is 1. The summed E-state index contributed by atoms with van der Waals surface area (Å²) in [5.74, 6) is -0.163. The van der Waals surface area contributed by atoms with Crippen LogP contribution >= 0.6 is 0 Å². The van der Waals surface area contributed by atoms with Gasteiger partial charge in [-0.2, -0.15) is 18.3 Å². The Hall–Kier alpha value is -3.50. The van der Waals surface area contributed by atoms with Crippen molar-refractivity contribution in [2.75, 3.05) is 23.3 Å². The molecule has 3 aromatic rings. The molecule has 0 spiro atoms. The molecule has 1 N–H and O–H groups in total. The number of rotatable bonds is 5. The van der Waals surface area contributed by atoms with Crippen LogP contribution < -0.4 is 10.2 Å². The van der Waals surface area contributed by atoms with Gasteiger partial charge in [0.25, 0.3) is 0 Å². The van der Waals surface area contributed by atoms with Crippen LogP contribution in [0.3, 0.4) is 0 Å². The fourth-order valence-corrected chi connectivity index (χ4v) is 3.59. The smallest absolute Gasteiger partial charge is 0.356 e. The SMILES string of the molecule is CCn1cc(NC(=O)C2CCN(c3cc(C(F)(F)F)nc(-c4ccncc4)n3)CC2)cn1. The van der Waals surface area contributed by atoms with Crippen molar-refractivity contribution in [3.63, 3.8) is 0 Å². The van der Waals surface area contributed by atoms with Crippen molar-refractivity contribution in [3.8, 4) is 11.4 Å². The van der Waals surface area contributed by atoms with Crippen LogP contribution in [0, 0.1) is 5.92 Å². The fraction of sp³-hybridized carbons (Fsp3) is 0.381. The van der Waals surface area contributed by atoms with Gasteiger partial charge in [0.15, 0.2) is 11.5 Å². The number of alkyl halides is 3. The molecule has 3 aromatic heterocycles. The van der Waals surface area contributed by atoms with Crippen molar-refractivity contribution >= 4 is 17.4 Å². The topological polar surface area (TPSA) is 88.8 Å². The maximum absolute atomic E-state index is 13.5. The van der Waals surface area contributed by atoms with E-state index in [-0.39, 0.29) is 23.5 Å². The van der Waals surface area contributed by atoms with Crippen LogP contribution in [-0.2, 0) is 17.5 Å². The van der Waals surface area contributed by atoms with E-state index in [1.54, 1.807) is 34.1 Å². The Bertz CT molecular complexity index is 1080. The molecular formula is C21H22F3N7O. The Balaban J connectivity index is 1.48. The van der Waals surface area contributed by atoms with E-state index in [2.05, 4.69) is 25.4 Å². The first-order valence-electron chi connectivity index (χ1n) is 10.3. The molecule has 0 saturated carbocycles. The second-order valence-electron chi connectivity index (χ2n) is 7.50. The molecule has 1 aliphatic heterocycles. The minimum Gasteiger partial charge on any atom is -0.356 e. The van der Waals surface area contributed by atoms with Crippen LogP contribution in [0.2, 0.25) is 0 Å².